The fourth-order valence-electron chi connectivity index (χ4n) is 2.40. The van der Waals surface area contributed by atoms with Gasteiger partial charge in [0.15, 0.2) is 5.16 Å². The molecule has 106 valence electrons. The average Bonchev–Trinajstić information content (AvgIpc) is 2.79. The summed E-state index contributed by atoms with van der Waals surface area (Å²) in [6.07, 6.45) is 2.44. The zero-order chi connectivity index (χ0) is 13.8. The predicted molar refractivity (Wildman–Crippen MR) is 74.7 cm³/mol. The molecule has 0 aliphatic carbocycles. The quantitative estimate of drug-likeness (QED) is 0.830. The van der Waals surface area contributed by atoms with Crippen molar-refractivity contribution in [2.24, 2.45) is 5.92 Å². The third-order valence-electron chi connectivity index (χ3n) is 3.28. The van der Waals surface area contributed by atoms with Gasteiger partial charge in [-0.2, -0.15) is 0 Å². The van der Waals surface area contributed by atoms with E-state index in [-0.39, 0.29) is 5.75 Å². The number of hydrogen-bond donors (Lipinski definition) is 1. The van der Waals surface area contributed by atoms with Crippen molar-refractivity contribution in [1.29, 1.82) is 0 Å². The van der Waals surface area contributed by atoms with Crippen molar-refractivity contribution in [2.45, 2.75) is 38.4 Å². The van der Waals surface area contributed by atoms with Crippen LogP contribution in [-0.4, -0.2) is 44.7 Å². The van der Waals surface area contributed by atoms with Crippen molar-refractivity contribution in [1.82, 2.24) is 14.8 Å². The Balaban J connectivity index is 2.14. The number of anilines is 1. The highest BCUT2D eigenvalue weighted by Crippen LogP contribution is 2.25. The van der Waals surface area contributed by atoms with Gasteiger partial charge in [0.1, 0.15) is 0 Å². The number of carbonyl (C=O) groups is 1. The Morgan fingerprint density at radius 2 is 2.32 bits per heavy atom. The van der Waals surface area contributed by atoms with E-state index in [9.17, 15) is 4.79 Å². The summed E-state index contributed by atoms with van der Waals surface area (Å²) in [5.74, 6) is 0.741. The SMILES string of the molecule is CCn1c(SCC(=O)O)nnc1N1CCCC(C)C1. The molecule has 0 saturated carbocycles. The average molecular weight is 284 g/mol. The van der Waals surface area contributed by atoms with Crippen LogP contribution in [0.2, 0.25) is 0 Å². The molecule has 1 unspecified atom stereocenters. The molecule has 1 aromatic rings. The fraction of sp³-hybridized carbons (Fsp3) is 0.750. The van der Waals surface area contributed by atoms with Crippen LogP contribution in [-0.2, 0) is 11.3 Å². The van der Waals surface area contributed by atoms with E-state index < -0.39 is 5.97 Å². The Labute approximate surface area is 117 Å². The molecule has 0 amide bonds. The lowest BCUT2D eigenvalue weighted by atomic mass is 10.0. The second-order valence-electron chi connectivity index (χ2n) is 4.90. The van der Waals surface area contributed by atoms with E-state index in [0.717, 1.165) is 25.6 Å². The van der Waals surface area contributed by atoms with Crippen LogP contribution in [0, 0.1) is 5.92 Å². The van der Waals surface area contributed by atoms with E-state index in [1.807, 2.05) is 11.5 Å². The molecule has 19 heavy (non-hydrogen) atoms. The standard InChI is InChI=1S/C12H20N4O2S/c1-3-16-11(15-6-4-5-9(2)7-15)13-14-12(16)19-8-10(17)18/h9H,3-8H2,1-2H3,(H,17,18). The van der Waals surface area contributed by atoms with E-state index in [1.54, 1.807) is 0 Å². The molecule has 1 saturated heterocycles. The van der Waals surface area contributed by atoms with Gasteiger partial charge in [0, 0.05) is 19.6 Å². The number of thioether (sulfide) groups is 1. The second kappa shape index (κ2) is 6.27. The summed E-state index contributed by atoms with van der Waals surface area (Å²) in [7, 11) is 0. The monoisotopic (exact) mass is 284 g/mol. The number of aromatic nitrogens is 3. The lowest BCUT2D eigenvalue weighted by Crippen LogP contribution is -2.36. The summed E-state index contributed by atoms with van der Waals surface area (Å²) in [6.45, 7) is 7.05. The molecule has 0 spiro atoms. The minimum absolute atomic E-state index is 0.0224. The summed E-state index contributed by atoms with van der Waals surface area (Å²) in [5, 5.41) is 17.8. The van der Waals surface area contributed by atoms with Crippen LogP contribution in [0.3, 0.4) is 0 Å². The van der Waals surface area contributed by atoms with Gasteiger partial charge in [0.2, 0.25) is 5.95 Å². The first-order chi connectivity index (χ1) is 9.11. The number of nitrogens with zero attached hydrogens (tertiary/aromatic N) is 4. The number of hydrogen-bond acceptors (Lipinski definition) is 5. The van der Waals surface area contributed by atoms with Gasteiger partial charge in [-0.25, -0.2) is 0 Å². The molecule has 1 N–H and O–H groups in total. The maximum absolute atomic E-state index is 10.6. The van der Waals surface area contributed by atoms with Crippen molar-refractivity contribution in [2.75, 3.05) is 23.7 Å². The van der Waals surface area contributed by atoms with Crippen LogP contribution >= 0.6 is 11.8 Å². The lowest BCUT2D eigenvalue weighted by Gasteiger charge is -2.31. The van der Waals surface area contributed by atoms with Crippen molar-refractivity contribution < 1.29 is 9.90 Å². The largest absolute Gasteiger partial charge is 0.481 e. The van der Waals surface area contributed by atoms with Gasteiger partial charge >= 0.3 is 5.97 Å². The number of carboxylic acid groups (broad SMARTS) is 1. The Kier molecular flexibility index (Phi) is 4.68. The molecule has 1 aliphatic heterocycles. The van der Waals surface area contributed by atoms with Gasteiger partial charge in [-0.1, -0.05) is 18.7 Å². The Morgan fingerprint density at radius 3 is 2.95 bits per heavy atom. The molecule has 0 bridgehead atoms. The van der Waals surface area contributed by atoms with E-state index in [2.05, 4.69) is 22.0 Å². The molecular weight excluding hydrogens is 264 g/mol. The summed E-state index contributed by atoms with van der Waals surface area (Å²) in [6, 6.07) is 0. The molecule has 0 radical (unpaired) electrons. The minimum atomic E-state index is -0.830. The first-order valence-electron chi connectivity index (χ1n) is 6.64. The van der Waals surface area contributed by atoms with Gasteiger partial charge in [-0.15, -0.1) is 10.2 Å². The second-order valence-corrected chi connectivity index (χ2v) is 5.85. The molecule has 7 heteroatoms. The Bertz CT molecular complexity index is 449. The van der Waals surface area contributed by atoms with Gasteiger partial charge in [0.25, 0.3) is 0 Å². The number of piperidine rings is 1. The zero-order valence-electron chi connectivity index (χ0n) is 11.4. The number of carboxylic acids is 1. The molecule has 1 aliphatic rings. The maximum Gasteiger partial charge on any atom is 0.313 e. The maximum atomic E-state index is 10.6. The van der Waals surface area contributed by atoms with Crippen LogP contribution in [0.15, 0.2) is 5.16 Å². The minimum Gasteiger partial charge on any atom is -0.481 e. The first kappa shape index (κ1) is 14.2. The summed E-state index contributed by atoms with van der Waals surface area (Å²) >= 11 is 1.23. The van der Waals surface area contributed by atoms with Gasteiger partial charge in [-0.3, -0.25) is 9.36 Å². The molecule has 2 rings (SSSR count). The molecular formula is C12H20N4O2S. The van der Waals surface area contributed by atoms with Crippen LogP contribution in [0.1, 0.15) is 26.7 Å². The lowest BCUT2D eigenvalue weighted by molar-refractivity contribution is -0.133. The highest BCUT2D eigenvalue weighted by Gasteiger charge is 2.22. The highest BCUT2D eigenvalue weighted by molar-refractivity contribution is 7.99. The van der Waals surface area contributed by atoms with Crippen LogP contribution < -0.4 is 4.90 Å². The summed E-state index contributed by atoms with van der Waals surface area (Å²) < 4.78 is 2.01. The van der Waals surface area contributed by atoms with E-state index in [4.69, 9.17) is 5.11 Å². The van der Waals surface area contributed by atoms with Gasteiger partial charge in [0.05, 0.1) is 5.75 Å². The zero-order valence-corrected chi connectivity index (χ0v) is 12.2. The molecule has 6 nitrogen and oxygen atoms in total. The molecule has 1 fully saturated rings. The van der Waals surface area contributed by atoms with Crippen molar-refractivity contribution in [3.05, 3.63) is 0 Å². The van der Waals surface area contributed by atoms with E-state index in [0.29, 0.717) is 11.1 Å². The highest BCUT2D eigenvalue weighted by atomic mass is 32.2. The van der Waals surface area contributed by atoms with E-state index >= 15 is 0 Å². The van der Waals surface area contributed by atoms with Crippen molar-refractivity contribution >= 4 is 23.7 Å². The smallest absolute Gasteiger partial charge is 0.313 e. The first-order valence-corrected chi connectivity index (χ1v) is 7.63. The molecule has 1 atom stereocenters. The molecule has 2 heterocycles. The number of rotatable bonds is 5. The Morgan fingerprint density at radius 1 is 1.53 bits per heavy atom. The van der Waals surface area contributed by atoms with Crippen molar-refractivity contribution in [3.8, 4) is 0 Å². The molecule has 0 aromatic carbocycles. The van der Waals surface area contributed by atoms with Gasteiger partial charge < -0.3 is 10.0 Å². The normalized spacial score (nSPS) is 19.7. The van der Waals surface area contributed by atoms with Crippen LogP contribution in [0.4, 0.5) is 5.95 Å². The third kappa shape index (κ3) is 3.40. The Hall–Kier alpha value is -1.24. The molecule has 1 aromatic heterocycles. The van der Waals surface area contributed by atoms with Crippen LogP contribution in [0.25, 0.3) is 0 Å². The van der Waals surface area contributed by atoms with Gasteiger partial charge in [-0.05, 0) is 25.7 Å². The predicted octanol–water partition coefficient (Wildman–Crippen LogP) is 1.71. The van der Waals surface area contributed by atoms with Crippen molar-refractivity contribution in [3.63, 3.8) is 0 Å². The summed E-state index contributed by atoms with van der Waals surface area (Å²) in [4.78, 5) is 12.9. The topological polar surface area (TPSA) is 71.2 Å². The van der Waals surface area contributed by atoms with Crippen LogP contribution in [0.5, 0.6) is 0 Å². The fourth-order valence-corrected chi connectivity index (χ4v) is 3.11. The third-order valence-corrected chi connectivity index (χ3v) is 4.23. The van der Waals surface area contributed by atoms with E-state index in [1.165, 1.54) is 24.6 Å². The summed E-state index contributed by atoms with van der Waals surface area (Å²) in [5.41, 5.74) is 0. The number of aliphatic carboxylic acids is 1.